The van der Waals surface area contributed by atoms with Gasteiger partial charge in [0.25, 0.3) is 5.69 Å². The normalized spacial score (nSPS) is 11.7. The van der Waals surface area contributed by atoms with Crippen molar-refractivity contribution in [2.45, 2.75) is 22.8 Å². The number of nitro benzene ring substituents is 1. The summed E-state index contributed by atoms with van der Waals surface area (Å²) in [6.07, 6.45) is -0.719. The van der Waals surface area contributed by atoms with Crippen molar-refractivity contribution in [3.05, 3.63) is 63.7 Å². The first-order valence-electron chi connectivity index (χ1n) is 6.16. The number of nitro groups is 1. The molecular weight excluding hydrogens is 288 g/mol. The second kappa shape index (κ2) is 6.39. The summed E-state index contributed by atoms with van der Waals surface area (Å²) >= 11 is 1.17. The van der Waals surface area contributed by atoms with Crippen molar-refractivity contribution in [2.24, 2.45) is 0 Å². The van der Waals surface area contributed by atoms with E-state index in [4.69, 9.17) is 5.26 Å². The van der Waals surface area contributed by atoms with Gasteiger partial charge in [0.2, 0.25) is 0 Å². The lowest BCUT2D eigenvalue weighted by Gasteiger charge is -2.12. The monoisotopic (exact) mass is 300 g/mol. The number of hydrogen-bond acceptors (Lipinski definition) is 5. The van der Waals surface area contributed by atoms with Crippen LogP contribution in [0.3, 0.4) is 0 Å². The average Bonchev–Trinajstić information content (AvgIpc) is 2.47. The number of aliphatic hydroxyl groups excluding tert-OH is 1. The molecule has 0 saturated carbocycles. The fourth-order valence-electron chi connectivity index (χ4n) is 1.85. The molecule has 0 aromatic heterocycles. The summed E-state index contributed by atoms with van der Waals surface area (Å²) in [5.74, 6) is 0. The van der Waals surface area contributed by atoms with Crippen molar-refractivity contribution in [1.29, 1.82) is 5.26 Å². The Balaban J connectivity index is 2.48. The van der Waals surface area contributed by atoms with E-state index >= 15 is 0 Å². The maximum Gasteiger partial charge on any atom is 0.283 e. The topological polar surface area (TPSA) is 87.2 Å². The van der Waals surface area contributed by atoms with E-state index in [1.165, 1.54) is 17.8 Å². The van der Waals surface area contributed by atoms with Crippen molar-refractivity contribution in [3.63, 3.8) is 0 Å². The smallest absolute Gasteiger partial charge is 0.283 e. The summed E-state index contributed by atoms with van der Waals surface area (Å²) in [5, 5.41) is 29.8. The Kier molecular flexibility index (Phi) is 4.58. The third kappa shape index (κ3) is 3.40. The van der Waals surface area contributed by atoms with Crippen LogP contribution in [0, 0.1) is 21.4 Å². The Labute approximate surface area is 126 Å². The van der Waals surface area contributed by atoms with E-state index in [-0.39, 0.29) is 5.69 Å². The zero-order valence-electron chi connectivity index (χ0n) is 11.2. The molecule has 0 heterocycles. The first-order valence-corrected chi connectivity index (χ1v) is 6.98. The highest BCUT2D eigenvalue weighted by Crippen LogP contribution is 2.38. The van der Waals surface area contributed by atoms with E-state index in [0.717, 1.165) is 0 Å². The van der Waals surface area contributed by atoms with E-state index in [2.05, 4.69) is 0 Å². The van der Waals surface area contributed by atoms with E-state index in [9.17, 15) is 15.2 Å². The molecule has 1 atom stereocenters. The van der Waals surface area contributed by atoms with Gasteiger partial charge in [-0.2, -0.15) is 5.26 Å². The number of nitriles is 1. The lowest BCUT2D eigenvalue weighted by Crippen LogP contribution is -1.96. The Morgan fingerprint density at radius 1 is 1.29 bits per heavy atom. The molecule has 0 saturated heterocycles. The lowest BCUT2D eigenvalue weighted by atomic mass is 10.1. The standard InChI is InChI=1S/C15H12N2O3S/c1-10(18)12-7-6-11(9-16)8-15(12)21-14-5-3-2-4-13(14)17(19)20/h2-8,10,18H,1H3/t10-/m1/s1. The van der Waals surface area contributed by atoms with Crippen LogP contribution in [0.15, 0.2) is 52.3 Å². The van der Waals surface area contributed by atoms with Gasteiger partial charge in [0, 0.05) is 11.0 Å². The summed E-state index contributed by atoms with van der Waals surface area (Å²) < 4.78 is 0. The SMILES string of the molecule is C[C@@H](O)c1ccc(C#N)cc1Sc1ccccc1[N+](=O)[O-]. The van der Waals surface area contributed by atoms with Crippen LogP contribution in [0.2, 0.25) is 0 Å². The maximum atomic E-state index is 11.0. The van der Waals surface area contributed by atoms with Gasteiger partial charge in [-0.25, -0.2) is 0 Å². The predicted octanol–water partition coefficient (Wildman–Crippen LogP) is 3.67. The van der Waals surface area contributed by atoms with Crippen molar-refractivity contribution in [3.8, 4) is 6.07 Å². The van der Waals surface area contributed by atoms with Crippen molar-refractivity contribution in [2.75, 3.05) is 0 Å². The van der Waals surface area contributed by atoms with Gasteiger partial charge in [0.05, 0.1) is 27.6 Å². The molecule has 6 heteroatoms. The molecule has 0 aliphatic heterocycles. The van der Waals surface area contributed by atoms with Crippen LogP contribution in [0.1, 0.15) is 24.2 Å². The van der Waals surface area contributed by atoms with Crippen LogP contribution in [0.25, 0.3) is 0 Å². The Bertz CT molecular complexity index is 723. The molecule has 21 heavy (non-hydrogen) atoms. The van der Waals surface area contributed by atoms with Gasteiger partial charge in [0.1, 0.15) is 0 Å². The number of benzene rings is 2. The molecule has 0 spiro atoms. The fourth-order valence-corrected chi connectivity index (χ4v) is 3.02. The highest BCUT2D eigenvalue weighted by atomic mass is 32.2. The van der Waals surface area contributed by atoms with Gasteiger partial charge in [0.15, 0.2) is 0 Å². The van der Waals surface area contributed by atoms with E-state index < -0.39 is 11.0 Å². The minimum atomic E-state index is -0.719. The molecular formula is C15H12N2O3S. The van der Waals surface area contributed by atoms with Gasteiger partial charge in [-0.05, 0) is 30.7 Å². The molecule has 2 rings (SSSR count). The van der Waals surface area contributed by atoms with Crippen molar-refractivity contribution < 1.29 is 10.0 Å². The minimum absolute atomic E-state index is 0.00130. The quantitative estimate of drug-likeness (QED) is 0.687. The molecule has 0 aliphatic carbocycles. The summed E-state index contributed by atoms with van der Waals surface area (Å²) in [7, 11) is 0. The minimum Gasteiger partial charge on any atom is -0.389 e. The van der Waals surface area contributed by atoms with Crippen LogP contribution >= 0.6 is 11.8 Å². The zero-order chi connectivity index (χ0) is 15.4. The molecule has 0 unspecified atom stereocenters. The predicted molar refractivity (Wildman–Crippen MR) is 79.0 cm³/mol. The Morgan fingerprint density at radius 3 is 2.62 bits per heavy atom. The van der Waals surface area contributed by atoms with E-state index in [1.54, 1.807) is 43.3 Å². The molecule has 5 nitrogen and oxygen atoms in total. The molecule has 106 valence electrons. The fraction of sp³-hybridized carbons (Fsp3) is 0.133. The highest BCUT2D eigenvalue weighted by molar-refractivity contribution is 7.99. The summed E-state index contributed by atoms with van der Waals surface area (Å²) in [5.41, 5.74) is 1.08. The Morgan fingerprint density at radius 2 is 2.00 bits per heavy atom. The van der Waals surface area contributed by atoms with Crippen LogP contribution in [-0.2, 0) is 0 Å². The van der Waals surface area contributed by atoms with Crippen LogP contribution in [0.5, 0.6) is 0 Å². The number of para-hydroxylation sites is 1. The summed E-state index contributed by atoms with van der Waals surface area (Å²) in [4.78, 5) is 11.7. The second-order valence-corrected chi connectivity index (χ2v) is 5.45. The third-order valence-electron chi connectivity index (χ3n) is 2.87. The highest BCUT2D eigenvalue weighted by Gasteiger charge is 2.17. The van der Waals surface area contributed by atoms with Crippen LogP contribution < -0.4 is 0 Å². The zero-order valence-corrected chi connectivity index (χ0v) is 12.0. The molecule has 0 bridgehead atoms. The summed E-state index contributed by atoms with van der Waals surface area (Å²) in [6.45, 7) is 1.62. The van der Waals surface area contributed by atoms with Crippen molar-refractivity contribution >= 4 is 17.4 Å². The van der Waals surface area contributed by atoms with Crippen LogP contribution in [0.4, 0.5) is 5.69 Å². The molecule has 0 fully saturated rings. The van der Waals surface area contributed by atoms with Gasteiger partial charge in [-0.1, -0.05) is 30.0 Å². The van der Waals surface area contributed by atoms with E-state index in [0.29, 0.717) is 20.9 Å². The molecule has 0 aliphatic rings. The van der Waals surface area contributed by atoms with Gasteiger partial charge < -0.3 is 5.11 Å². The molecule has 0 amide bonds. The second-order valence-electron chi connectivity index (χ2n) is 4.37. The maximum absolute atomic E-state index is 11.0. The van der Waals surface area contributed by atoms with Gasteiger partial charge in [-0.3, -0.25) is 10.1 Å². The number of nitrogens with zero attached hydrogens (tertiary/aromatic N) is 2. The average molecular weight is 300 g/mol. The molecule has 2 aromatic carbocycles. The first kappa shape index (κ1) is 15.0. The number of aliphatic hydroxyl groups is 1. The molecule has 0 radical (unpaired) electrons. The van der Waals surface area contributed by atoms with Crippen LogP contribution in [-0.4, -0.2) is 10.0 Å². The largest absolute Gasteiger partial charge is 0.389 e. The van der Waals surface area contributed by atoms with E-state index in [1.807, 2.05) is 6.07 Å². The lowest BCUT2D eigenvalue weighted by molar-refractivity contribution is -0.387. The van der Waals surface area contributed by atoms with Gasteiger partial charge >= 0.3 is 0 Å². The first-order chi connectivity index (χ1) is 10.0. The van der Waals surface area contributed by atoms with Crippen molar-refractivity contribution in [1.82, 2.24) is 0 Å². The molecule has 2 aromatic rings. The Hall–Kier alpha value is -2.36. The number of hydrogen-bond donors (Lipinski definition) is 1. The summed E-state index contributed by atoms with van der Waals surface area (Å²) in [6, 6.07) is 13.3. The number of rotatable bonds is 4. The molecule has 1 N–H and O–H groups in total. The van der Waals surface area contributed by atoms with Gasteiger partial charge in [-0.15, -0.1) is 0 Å². The third-order valence-corrected chi connectivity index (χ3v) is 4.01.